The van der Waals surface area contributed by atoms with Gasteiger partial charge in [0.2, 0.25) is 15.9 Å². The number of carbonyl (C=O) groups is 1. The van der Waals surface area contributed by atoms with Crippen molar-refractivity contribution in [2.75, 3.05) is 13.1 Å². The highest BCUT2D eigenvalue weighted by molar-refractivity contribution is 7.89. The number of nitrogens with zero attached hydrogens (tertiary/aromatic N) is 1. The quantitative estimate of drug-likeness (QED) is 0.864. The highest BCUT2D eigenvalue weighted by Crippen LogP contribution is 2.26. The lowest BCUT2D eigenvalue weighted by atomic mass is 9.97. The first kappa shape index (κ1) is 18.6. The van der Waals surface area contributed by atoms with E-state index in [0.717, 1.165) is 6.07 Å². The number of amides is 1. The highest BCUT2D eigenvalue weighted by Gasteiger charge is 2.32. The molecule has 0 atom stereocenters. The maximum absolute atomic E-state index is 13.2. The average Bonchev–Trinajstić information content (AvgIpc) is 3.13. The maximum Gasteiger partial charge on any atom is 0.243 e. The molecule has 1 amide bonds. The van der Waals surface area contributed by atoms with Crippen molar-refractivity contribution in [3.63, 3.8) is 0 Å². The summed E-state index contributed by atoms with van der Waals surface area (Å²) in [5.74, 6) is -0.124. The molecule has 1 fully saturated rings. The van der Waals surface area contributed by atoms with Crippen molar-refractivity contribution >= 4 is 15.9 Å². The van der Waals surface area contributed by atoms with Crippen molar-refractivity contribution in [2.45, 2.75) is 31.2 Å². The normalized spacial score (nSPS) is 16.5. The molecule has 0 unspecified atom stereocenters. The van der Waals surface area contributed by atoms with E-state index in [1.807, 2.05) is 0 Å². The minimum absolute atomic E-state index is 0.101. The zero-order chi connectivity index (χ0) is 18.7. The molecule has 0 saturated carbocycles. The Hall–Kier alpha value is -2.19. The number of sulfonamides is 1. The lowest BCUT2D eigenvalue weighted by Crippen LogP contribution is -2.43. The van der Waals surface area contributed by atoms with E-state index in [-0.39, 0.29) is 29.8 Å². The first-order chi connectivity index (χ1) is 12.4. The van der Waals surface area contributed by atoms with Crippen LogP contribution in [0.2, 0.25) is 0 Å². The Bertz CT molecular complexity index is 873. The minimum atomic E-state index is -3.69. The first-order valence-electron chi connectivity index (χ1n) is 8.44. The molecule has 2 heterocycles. The van der Waals surface area contributed by atoms with Gasteiger partial charge in [0.1, 0.15) is 11.6 Å². The Kier molecular flexibility index (Phi) is 5.43. The fraction of sp³-hybridized carbons (Fsp3) is 0.389. The smallest absolute Gasteiger partial charge is 0.243 e. The molecular weight excluding hydrogens is 359 g/mol. The van der Waals surface area contributed by atoms with Gasteiger partial charge >= 0.3 is 0 Å². The first-order valence-corrected chi connectivity index (χ1v) is 9.88. The second-order valence-corrected chi connectivity index (χ2v) is 8.29. The summed E-state index contributed by atoms with van der Waals surface area (Å²) in [4.78, 5) is 12.4. The maximum atomic E-state index is 13.2. The third kappa shape index (κ3) is 3.96. The monoisotopic (exact) mass is 380 g/mol. The number of furan rings is 1. The fourth-order valence-electron chi connectivity index (χ4n) is 3.13. The Morgan fingerprint density at radius 1 is 1.31 bits per heavy atom. The van der Waals surface area contributed by atoms with Gasteiger partial charge in [0.25, 0.3) is 0 Å². The molecule has 1 aliphatic heterocycles. The number of nitrogens with one attached hydrogen (secondary N) is 1. The number of hydrogen-bond acceptors (Lipinski definition) is 4. The number of hydrogen-bond donors (Lipinski definition) is 1. The van der Waals surface area contributed by atoms with Gasteiger partial charge in [0, 0.05) is 19.0 Å². The lowest BCUT2D eigenvalue weighted by molar-refractivity contribution is -0.126. The molecule has 3 rings (SSSR count). The summed E-state index contributed by atoms with van der Waals surface area (Å²) >= 11 is 0. The van der Waals surface area contributed by atoms with Crippen LogP contribution in [0.3, 0.4) is 0 Å². The number of benzene rings is 1. The van der Waals surface area contributed by atoms with E-state index < -0.39 is 15.8 Å². The number of rotatable bonds is 5. The molecule has 1 saturated heterocycles. The van der Waals surface area contributed by atoms with Gasteiger partial charge in [0.15, 0.2) is 0 Å². The molecule has 0 bridgehead atoms. The molecule has 1 aliphatic rings. The van der Waals surface area contributed by atoms with Crippen molar-refractivity contribution in [2.24, 2.45) is 5.92 Å². The molecule has 2 aromatic rings. The van der Waals surface area contributed by atoms with Gasteiger partial charge in [-0.2, -0.15) is 4.31 Å². The molecule has 26 heavy (non-hydrogen) atoms. The zero-order valence-electron chi connectivity index (χ0n) is 14.4. The van der Waals surface area contributed by atoms with E-state index in [4.69, 9.17) is 4.42 Å². The number of halogens is 1. The molecule has 0 radical (unpaired) electrons. The van der Waals surface area contributed by atoms with Crippen LogP contribution in [0, 0.1) is 18.7 Å². The van der Waals surface area contributed by atoms with Gasteiger partial charge in [-0.05, 0) is 55.7 Å². The van der Waals surface area contributed by atoms with Crippen LogP contribution in [0.25, 0.3) is 0 Å². The van der Waals surface area contributed by atoms with E-state index in [0.29, 0.717) is 30.7 Å². The Morgan fingerprint density at radius 2 is 2.04 bits per heavy atom. The van der Waals surface area contributed by atoms with Crippen LogP contribution in [0.5, 0.6) is 0 Å². The number of piperidine rings is 1. The summed E-state index contributed by atoms with van der Waals surface area (Å²) in [6, 6.07) is 7.18. The van der Waals surface area contributed by atoms with Gasteiger partial charge in [0.05, 0.1) is 17.7 Å². The van der Waals surface area contributed by atoms with Crippen molar-refractivity contribution in [3.05, 3.63) is 53.7 Å². The molecule has 0 aliphatic carbocycles. The van der Waals surface area contributed by atoms with Crippen LogP contribution >= 0.6 is 0 Å². The van der Waals surface area contributed by atoms with Gasteiger partial charge in [-0.3, -0.25) is 4.79 Å². The van der Waals surface area contributed by atoms with Crippen LogP contribution < -0.4 is 5.32 Å². The summed E-state index contributed by atoms with van der Waals surface area (Å²) < 4.78 is 45.3. The van der Waals surface area contributed by atoms with Gasteiger partial charge in [-0.25, -0.2) is 12.8 Å². The molecular formula is C18H21FN2O4S. The van der Waals surface area contributed by atoms with Gasteiger partial charge < -0.3 is 9.73 Å². The van der Waals surface area contributed by atoms with Crippen LogP contribution in [-0.4, -0.2) is 31.7 Å². The number of aryl methyl sites for hydroxylation is 1. The van der Waals surface area contributed by atoms with Crippen LogP contribution in [-0.2, 0) is 21.4 Å². The average molecular weight is 380 g/mol. The van der Waals surface area contributed by atoms with E-state index in [1.165, 1.54) is 16.4 Å². The molecule has 140 valence electrons. The molecule has 1 N–H and O–H groups in total. The molecule has 0 spiro atoms. The molecule has 1 aromatic heterocycles. The van der Waals surface area contributed by atoms with Crippen molar-refractivity contribution < 1.29 is 22.0 Å². The Morgan fingerprint density at radius 3 is 2.65 bits per heavy atom. The molecule has 1 aromatic carbocycles. The van der Waals surface area contributed by atoms with Crippen molar-refractivity contribution in [3.8, 4) is 0 Å². The Labute approximate surface area is 152 Å². The lowest BCUT2D eigenvalue weighted by Gasteiger charge is -2.30. The largest absolute Gasteiger partial charge is 0.467 e. The topological polar surface area (TPSA) is 79.6 Å². The summed E-state index contributed by atoms with van der Waals surface area (Å²) in [6.45, 7) is 2.42. The molecule has 8 heteroatoms. The van der Waals surface area contributed by atoms with Crippen LogP contribution in [0.4, 0.5) is 4.39 Å². The van der Waals surface area contributed by atoms with Crippen LogP contribution in [0.15, 0.2) is 45.9 Å². The second-order valence-electron chi connectivity index (χ2n) is 6.39. The van der Waals surface area contributed by atoms with Crippen LogP contribution in [0.1, 0.15) is 24.2 Å². The van der Waals surface area contributed by atoms with E-state index in [1.54, 1.807) is 25.3 Å². The third-order valence-electron chi connectivity index (χ3n) is 4.60. The highest BCUT2D eigenvalue weighted by atomic mass is 32.2. The van der Waals surface area contributed by atoms with E-state index >= 15 is 0 Å². The van der Waals surface area contributed by atoms with Gasteiger partial charge in [-0.15, -0.1) is 0 Å². The van der Waals surface area contributed by atoms with E-state index in [9.17, 15) is 17.6 Å². The summed E-state index contributed by atoms with van der Waals surface area (Å²) in [5.41, 5.74) is 0.378. The fourth-order valence-corrected chi connectivity index (χ4v) is 4.81. The summed E-state index contributed by atoms with van der Waals surface area (Å²) in [7, 11) is -3.69. The van der Waals surface area contributed by atoms with Crippen molar-refractivity contribution in [1.82, 2.24) is 9.62 Å². The van der Waals surface area contributed by atoms with Crippen molar-refractivity contribution in [1.29, 1.82) is 0 Å². The summed E-state index contributed by atoms with van der Waals surface area (Å²) in [5, 5.41) is 2.81. The third-order valence-corrected chi connectivity index (χ3v) is 6.66. The predicted octanol–water partition coefficient (Wildman–Crippen LogP) is 2.44. The Balaban J connectivity index is 1.59. The SMILES string of the molecule is Cc1cc(F)ccc1S(=O)(=O)N1CCC(C(=O)NCc2ccco2)CC1. The summed E-state index contributed by atoms with van der Waals surface area (Å²) in [6.07, 6.45) is 2.44. The van der Waals surface area contributed by atoms with Gasteiger partial charge in [-0.1, -0.05) is 0 Å². The standard InChI is InChI=1S/C18H21FN2O4S/c1-13-11-15(19)4-5-17(13)26(23,24)21-8-6-14(7-9-21)18(22)20-12-16-3-2-10-25-16/h2-5,10-11,14H,6-9,12H2,1H3,(H,20,22). The minimum Gasteiger partial charge on any atom is -0.467 e. The second kappa shape index (κ2) is 7.59. The zero-order valence-corrected chi connectivity index (χ0v) is 15.3. The number of carbonyl (C=O) groups excluding carboxylic acids is 1. The van der Waals surface area contributed by atoms with E-state index in [2.05, 4.69) is 5.32 Å². The predicted molar refractivity (Wildman–Crippen MR) is 93.2 cm³/mol. The molecule has 6 nitrogen and oxygen atoms in total.